The first-order valence-corrected chi connectivity index (χ1v) is 9.47. The van der Waals surface area contributed by atoms with E-state index in [1.54, 1.807) is 17.1 Å². The number of rotatable bonds is 5. The van der Waals surface area contributed by atoms with Gasteiger partial charge in [0.15, 0.2) is 0 Å². The van der Waals surface area contributed by atoms with Crippen LogP contribution in [0.15, 0.2) is 47.7 Å². The van der Waals surface area contributed by atoms with E-state index in [0.717, 1.165) is 11.1 Å². The molecule has 1 unspecified atom stereocenters. The molecule has 1 saturated heterocycles. The first-order chi connectivity index (χ1) is 13.5. The number of allylic oxidation sites excluding steroid dienone is 3. The van der Waals surface area contributed by atoms with Crippen molar-refractivity contribution in [3.63, 3.8) is 0 Å². The number of benzene rings is 1. The van der Waals surface area contributed by atoms with Gasteiger partial charge < -0.3 is 24.8 Å². The third-order valence-electron chi connectivity index (χ3n) is 4.79. The minimum Gasteiger partial charge on any atom is -0.512 e. The number of hydrogen-bond acceptors (Lipinski definition) is 5. The zero-order valence-corrected chi connectivity index (χ0v) is 16.0. The van der Waals surface area contributed by atoms with Crippen LogP contribution in [-0.4, -0.2) is 54.4 Å². The van der Waals surface area contributed by atoms with Gasteiger partial charge in [0, 0.05) is 25.1 Å². The monoisotopic (exact) mass is 386 g/mol. The Balaban J connectivity index is 1.43. The molecule has 7 heteroatoms. The standard InChI is InChI=1S/C21H26N2O5/c1-15-2-4-16(5-3-15)14-28-21(26)23-10-11-27-19(13-23)12-22-20(25)17-6-8-18(24)9-7-17/h2-6,8,19,24H,7,9-14H2,1H3,(H,22,25). The van der Waals surface area contributed by atoms with Crippen LogP contribution in [-0.2, 0) is 20.9 Å². The lowest BCUT2D eigenvalue weighted by Crippen LogP contribution is -2.49. The van der Waals surface area contributed by atoms with Crippen molar-refractivity contribution in [3.8, 4) is 0 Å². The predicted octanol–water partition coefficient (Wildman–Crippen LogP) is 2.61. The summed E-state index contributed by atoms with van der Waals surface area (Å²) < 4.78 is 11.0. The van der Waals surface area contributed by atoms with Crippen LogP contribution in [0.3, 0.4) is 0 Å². The summed E-state index contributed by atoms with van der Waals surface area (Å²) in [6.07, 6.45) is 3.50. The lowest BCUT2D eigenvalue weighted by Gasteiger charge is -2.32. The third-order valence-corrected chi connectivity index (χ3v) is 4.79. The summed E-state index contributed by atoms with van der Waals surface area (Å²) >= 11 is 0. The van der Waals surface area contributed by atoms with Crippen LogP contribution in [0, 0.1) is 6.92 Å². The largest absolute Gasteiger partial charge is 0.512 e. The van der Waals surface area contributed by atoms with Crippen LogP contribution in [0.5, 0.6) is 0 Å². The Hall–Kier alpha value is -2.80. The molecule has 0 bridgehead atoms. The number of amides is 2. The van der Waals surface area contributed by atoms with Crippen molar-refractivity contribution in [1.29, 1.82) is 0 Å². The second-order valence-electron chi connectivity index (χ2n) is 7.04. The predicted molar refractivity (Wildman–Crippen MR) is 104 cm³/mol. The molecule has 2 amide bonds. The molecule has 2 aliphatic rings. The van der Waals surface area contributed by atoms with Crippen LogP contribution in [0.2, 0.25) is 0 Å². The molecule has 1 aliphatic carbocycles. The Morgan fingerprint density at radius 2 is 2.04 bits per heavy atom. The molecule has 7 nitrogen and oxygen atoms in total. The summed E-state index contributed by atoms with van der Waals surface area (Å²) in [5.74, 6) is 0.110. The minimum absolute atomic E-state index is 0.175. The van der Waals surface area contributed by atoms with Crippen LogP contribution < -0.4 is 5.32 Å². The molecule has 1 aromatic rings. The molecule has 1 aromatic carbocycles. The summed E-state index contributed by atoms with van der Waals surface area (Å²) in [5.41, 5.74) is 2.73. The molecule has 0 spiro atoms. The van der Waals surface area contributed by atoms with Gasteiger partial charge in [0.1, 0.15) is 6.61 Å². The molecule has 150 valence electrons. The van der Waals surface area contributed by atoms with E-state index in [1.165, 1.54) is 0 Å². The van der Waals surface area contributed by atoms with Gasteiger partial charge in [-0.1, -0.05) is 35.9 Å². The fourth-order valence-corrected chi connectivity index (χ4v) is 3.06. The van der Waals surface area contributed by atoms with E-state index in [4.69, 9.17) is 9.47 Å². The lowest BCUT2D eigenvalue weighted by atomic mass is 10.0. The maximum Gasteiger partial charge on any atom is 0.410 e. The Morgan fingerprint density at radius 1 is 1.25 bits per heavy atom. The zero-order valence-electron chi connectivity index (χ0n) is 16.0. The number of aliphatic hydroxyl groups is 1. The molecular weight excluding hydrogens is 360 g/mol. The van der Waals surface area contributed by atoms with Crippen molar-refractivity contribution in [2.75, 3.05) is 26.2 Å². The molecule has 1 aliphatic heterocycles. The van der Waals surface area contributed by atoms with E-state index >= 15 is 0 Å². The van der Waals surface area contributed by atoms with Crippen LogP contribution in [0.4, 0.5) is 4.79 Å². The first-order valence-electron chi connectivity index (χ1n) is 9.47. The summed E-state index contributed by atoms with van der Waals surface area (Å²) in [4.78, 5) is 26.1. The quantitative estimate of drug-likeness (QED) is 0.812. The highest BCUT2D eigenvalue weighted by molar-refractivity contribution is 5.93. The van der Waals surface area contributed by atoms with E-state index in [-0.39, 0.29) is 30.5 Å². The summed E-state index contributed by atoms with van der Waals surface area (Å²) in [7, 11) is 0. The summed E-state index contributed by atoms with van der Waals surface area (Å²) in [6.45, 7) is 3.78. The number of ether oxygens (including phenoxy) is 2. The fraction of sp³-hybridized carbons (Fsp3) is 0.429. The first kappa shape index (κ1) is 19.9. The van der Waals surface area contributed by atoms with Crippen LogP contribution in [0.25, 0.3) is 0 Å². The van der Waals surface area contributed by atoms with Crippen LogP contribution >= 0.6 is 0 Å². The van der Waals surface area contributed by atoms with Gasteiger partial charge in [-0.25, -0.2) is 4.79 Å². The molecular formula is C21H26N2O5. The smallest absolute Gasteiger partial charge is 0.410 e. The van der Waals surface area contributed by atoms with Crippen molar-refractivity contribution < 1.29 is 24.2 Å². The summed E-state index contributed by atoms with van der Waals surface area (Å²) in [6, 6.07) is 7.84. The minimum atomic E-state index is -0.379. The van der Waals surface area contributed by atoms with Crippen molar-refractivity contribution in [1.82, 2.24) is 10.2 Å². The van der Waals surface area contributed by atoms with Gasteiger partial charge in [-0.05, 0) is 25.0 Å². The summed E-state index contributed by atoms with van der Waals surface area (Å²) in [5, 5.41) is 12.2. The number of aliphatic hydroxyl groups excluding tert-OH is 1. The Labute approximate surface area is 164 Å². The van der Waals surface area contributed by atoms with Crippen LogP contribution in [0.1, 0.15) is 24.0 Å². The van der Waals surface area contributed by atoms with Crippen molar-refractivity contribution >= 4 is 12.0 Å². The van der Waals surface area contributed by atoms with Gasteiger partial charge in [-0.15, -0.1) is 0 Å². The Kier molecular flexibility index (Phi) is 6.71. The molecule has 1 heterocycles. The molecule has 0 saturated carbocycles. The molecule has 2 N–H and O–H groups in total. The molecule has 1 fully saturated rings. The molecule has 0 aromatic heterocycles. The van der Waals surface area contributed by atoms with Gasteiger partial charge in [-0.2, -0.15) is 0 Å². The van der Waals surface area contributed by atoms with Gasteiger partial charge in [0.05, 0.1) is 25.0 Å². The van der Waals surface area contributed by atoms with E-state index in [9.17, 15) is 14.7 Å². The maximum atomic E-state index is 12.3. The Morgan fingerprint density at radius 3 is 2.75 bits per heavy atom. The van der Waals surface area contributed by atoms with E-state index in [1.807, 2.05) is 31.2 Å². The SMILES string of the molecule is Cc1ccc(COC(=O)N2CCOC(CNC(=O)C3=CC=C(O)CC3)C2)cc1. The average molecular weight is 386 g/mol. The topological polar surface area (TPSA) is 88.1 Å². The maximum absolute atomic E-state index is 12.3. The number of hydrogen-bond donors (Lipinski definition) is 2. The highest BCUT2D eigenvalue weighted by atomic mass is 16.6. The number of nitrogens with one attached hydrogen (secondary N) is 1. The lowest BCUT2D eigenvalue weighted by molar-refractivity contribution is -0.118. The zero-order chi connectivity index (χ0) is 19.9. The molecule has 0 radical (unpaired) electrons. The normalized spacial score (nSPS) is 19.5. The highest BCUT2D eigenvalue weighted by Gasteiger charge is 2.26. The van der Waals surface area contributed by atoms with Gasteiger partial charge >= 0.3 is 6.09 Å². The van der Waals surface area contributed by atoms with E-state index in [0.29, 0.717) is 44.7 Å². The molecule has 28 heavy (non-hydrogen) atoms. The number of nitrogens with zero attached hydrogens (tertiary/aromatic N) is 1. The van der Waals surface area contributed by atoms with Gasteiger partial charge in [0.2, 0.25) is 5.91 Å². The molecule has 3 rings (SSSR count). The van der Waals surface area contributed by atoms with Gasteiger partial charge in [-0.3, -0.25) is 4.79 Å². The fourth-order valence-electron chi connectivity index (χ4n) is 3.06. The highest BCUT2D eigenvalue weighted by Crippen LogP contribution is 2.16. The average Bonchev–Trinajstić information content (AvgIpc) is 2.72. The second kappa shape index (κ2) is 9.41. The third kappa shape index (κ3) is 5.60. The number of carbonyl (C=O) groups is 2. The number of morpholine rings is 1. The van der Waals surface area contributed by atoms with Gasteiger partial charge in [0.25, 0.3) is 0 Å². The number of aryl methyl sites for hydroxylation is 1. The second-order valence-corrected chi connectivity index (χ2v) is 7.04. The molecule has 1 atom stereocenters. The van der Waals surface area contributed by atoms with Crippen molar-refractivity contribution in [3.05, 3.63) is 58.9 Å². The van der Waals surface area contributed by atoms with Crippen molar-refractivity contribution in [2.24, 2.45) is 0 Å². The van der Waals surface area contributed by atoms with E-state index in [2.05, 4.69) is 5.32 Å². The number of carbonyl (C=O) groups excluding carboxylic acids is 2. The van der Waals surface area contributed by atoms with E-state index < -0.39 is 0 Å². The van der Waals surface area contributed by atoms with Crippen molar-refractivity contribution in [2.45, 2.75) is 32.5 Å². The Bertz CT molecular complexity index is 770.